The van der Waals surface area contributed by atoms with Gasteiger partial charge in [-0.1, -0.05) is 89.4 Å². The molecule has 0 fully saturated rings. The summed E-state index contributed by atoms with van der Waals surface area (Å²) >= 11 is 0. The van der Waals surface area contributed by atoms with Crippen LogP contribution in [0.4, 0.5) is 0 Å². The molecule has 0 aliphatic carbocycles. The number of aromatic nitrogens is 4. The number of aryl methyl sites for hydroxylation is 5. The molecular formula is C46H48N4OPt. The van der Waals surface area contributed by atoms with Crippen LogP contribution in [0.2, 0.25) is 0 Å². The molecule has 0 bridgehead atoms. The number of fused-ring (bicyclic) bond motifs is 3. The summed E-state index contributed by atoms with van der Waals surface area (Å²) in [6.45, 7) is 22.1. The fourth-order valence-electron chi connectivity index (χ4n) is 7.59. The third kappa shape index (κ3) is 6.88. The molecular weight excluding hydrogens is 820 g/mol. The Bertz CT molecular complexity index is 2400. The van der Waals surface area contributed by atoms with Gasteiger partial charge in [0.15, 0.2) is 0 Å². The summed E-state index contributed by atoms with van der Waals surface area (Å²) in [5, 5.41) is 7.46. The van der Waals surface area contributed by atoms with Gasteiger partial charge < -0.3 is 9.30 Å². The first-order chi connectivity index (χ1) is 24.3. The van der Waals surface area contributed by atoms with E-state index in [-0.39, 0.29) is 32.4 Å². The van der Waals surface area contributed by atoms with Gasteiger partial charge in [0, 0.05) is 28.8 Å². The molecule has 0 saturated carbocycles. The molecule has 7 aromatic rings. The van der Waals surface area contributed by atoms with Crippen LogP contribution in [-0.2, 0) is 32.9 Å². The van der Waals surface area contributed by atoms with Crippen molar-refractivity contribution >= 4 is 21.8 Å². The number of hydrogen-bond donors (Lipinski definition) is 0. The first-order valence-corrected chi connectivity index (χ1v) is 18.2. The van der Waals surface area contributed by atoms with E-state index in [0.717, 1.165) is 57.4 Å². The summed E-state index contributed by atoms with van der Waals surface area (Å²) in [5.41, 5.74) is 13.6. The van der Waals surface area contributed by atoms with Gasteiger partial charge in [0.25, 0.3) is 0 Å². The second kappa shape index (κ2) is 14.5. The molecule has 0 atom stereocenters. The topological polar surface area (TPSA) is 44.9 Å². The first-order valence-electron chi connectivity index (χ1n) is 18.2. The second-order valence-corrected chi connectivity index (χ2v) is 15.4. The van der Waals surface area contributed by atoms with Gasteiger partial charge in [-0.15, -0.1) is 41.3 Å². The maximum atomic E-state index is 6.72. The van der Waals surface area contributed by atoms with Gasteiger partial charge in [0.2, 0.25) is 0 Å². The van der Waals surface area contributed by atoms with E-state index < -0.39 is 0 Å². The smallest absolute Gasteiger partial charge is 0.509 e. The molecule has 52 heavy (non-hydrogen) atoms. The molecule has 7 rings (SSSR count). The van der Waals surface area contributed by atoms with Crippen LogP contribution in [0.25, 0.3) is 44.4 Å². The average molecular weight is 868 g/mol. The third-order valence-electron chi connectivity index (χ3n) is 9.85. The van der Waals surface area contributed by atoms with E-state index in [2.05, 4.69) is 157 Å². The molecule has 0 N–H and O–H groups in total. The Morgan fingerprint density at radius 1 is 0.808 bits per heavy atom. The number of pyridine rings is 1. The summed E-state index contributed by atoms with van der Waals surface area (Å²) in [6.07, 6.45) is 3.99. The standard InChI is InChI=1S/C46H48N4O.Pt/c1-11-14-33-19-20-47-42(23-33)49-40-16-13-12-15-38(40)39-18-17-36(27-41(39)49)51-37-25-34(46(8,9)10)24-35(26-37)50-45(28(2)3)44(32(7)48-50)43-30(5)21-29(4)22-31(43)6;/h12-13,15-25,28H,11,14H2,1-10H3;/q-2;+2. The van der Waals surface area contributed by atoms with E-state index >= 15 is 0 Å². The Balaban J connectivity index is 0.00000464. The quantitative estimate of drug-likeness (QED) is 0.143. The van der Waals surface area contributed by atoms with E-state index in [1.807, 2.05) is 12.3 Å². The Hall–Kier alpha value is -4.47. The minimum Gasteiger partial charge on any atom is -0.509 e. The SMILES string of the molecule is CCCc1ccnc(-n2c3[c-]c(Oc4[c-]c(-n5nc(C)c(-c6c(C)cc(C)cc6C)c5C(C)C)cc(C(C)(C)C)c4)ccc3c3ccccc32)c1.[Pt+2]. The molecule has 0 unspecified atom stereocenters. The van der Waals surface area contributed by atoms with Gasteiger partial charge in [0.1, 0.15) is 5.82 Å². The Labute approximate surface area is 323 Å². The fraction of sp³-hybridized carbons (Fsp3) is 0.304. The molecule has 3 heterocycles. The predicted octanol–water partition coefficient (Wildman–Crippen LogP) is 12.0. The molecule has 0 saturated heterocycles. The summed E-state index contributed by atoms with van der Waals surface area (Å²) in [5.74, 6) is 2.36. The summed E-state index contributed by atoms with van der Waals surface area (Å²) in [7, 11) is 0. The molecule has 268 valence electrons. The molecule has 6 heteroatoms. The van der Waals surface area contributed by atoms with Crippen molar-refractivity contribution in [1.82, 2.24) is 19.3 Å². The monoisotopic (exact) mass is 867 g/mol. The molecule has 0 aliphatic heterocycles. The van der Waals surface area contributed by atoms with Crippen molar-refractivity contribution in [2.45, 2.75) is 93.4 Å². The van der Waals surface area contributed by atoms with Crippen molar-refractivity contribution in [3.63, 3.8) is 0 Å². The molecule has 0 radical (unpaired) electrons. The number of rotatable bonds is 8. The van der Waals surface area contributed by atoms with Crippen LogP contribution in [0.1, 0.15) is 93.1 Å². The van der Waals surface area contributed by atoms with Crippen molar-refractivity contribution < 1.29 is 25.8 Å². The number of nitrogens with zero attached hydrogens (tertiary/aromatic N) is 4. The van der Waals surface area contributed by atoms with Crippen molar-refractivity contribution in [1.29, 1.82) is 0 Å². The maximum Gasteiger partial charge on any atom is 2.00 e. The van der Waals surface area contributed by atoms with Gasteiger partial charge in [-0.2, -0.15) is 11.2 Å². The normalized spacial score (nSPS) is 11.8. The molecule has 4 aromatic carbocycles. The fourth-order valence-corrected chi connectivity index (χ4v) is 7.59. The van der Waals surface area contributed by atoms with Gasteiger partial charge in [-0.05, 0) is 97.0 Å². The van der Waals surface area contributed by atoms with Crippen LogP contribution in [0.3, 0.4) is 0 Å². The zero-order valence-corrected chi connectivity index (χ0v) is 34.3. The van der Waals surface area contributed by atoms with E-state index in [9.17, 15) is 0 Å². The van der Waals surface area contributed by atoms with Crippen molar-refractivity contribution in [3.05, 3.63) is 130 Å². The maximum absolute atomic E-state index is 6.72. The number of para-hydroxylation sites is 1. The summed E-state index contributed by atoms with van der Waals surface area (Å²) < 4.78 is 11.0. The van der Waals surface area contributed by atoms with Crippen LogP contribution in [0.5, 0.6) is 11.5 Å². The average Bonchev–Trinajstić information content (AvgIpc) is 3.58. The van der Waals surface area contributed by atoms with Gasteiger partial charge >= 0.3 is 21.1 Å². The first kappa shape index (κ1) is 37.3. The number of hydrogen-bond acceptors (Lipinski definition) is 3. The van der Waals surface area contributed by atoms with Gasteiger partial charge in [-0.25, -0.2) is 4.98 Å². The largest absolute Gasteiger partial charge is 2.00 e. The third-order valence-corrected chi connectivity index (χ3v) is 9.85. The van der Waals surface area contributed by atoms with E-state index in [4.69, 9.17) is 14.8 Å². The minimum absolute atomic E-state index is 0. The number of ether oxygens (including phenoxy) is 1. The van der Waals surface area contributed by atoms with Gasteiger partial charge in [-0.3, -0.25) is 4.68 Å². The Morgan fingerprint density at radius 3 is 2.23 bits per heavy atom. The predicted molar refractivity (Wildman–Crippen MR) is 211 cm³/mol. The van der Waals surface area contributed by atoms with Crippen molar-refractivity contribution in [3.8, 4) is 34.1 Å². The molecule has 0 amide bonds. The summed E-state index contributed by atoms with van der Waals surface area (Å²) in [4.78, 5) is 4.82. The van der Waals surface area contributed by atoms with E-state index in [1.54, 1.807) is 0 Å². The molecule has 0 aliphatic rings. The minimum atomic E-state index is -0.135. The summed E-state index contributed by atoms with van der Waals surface area (Å²) in [6, 6.07) is 33.0. The van der Waals surface area contributed by atoms with Crippen LogP contribution < -0.4 is 4.74 Å². The molecule has 0 spiro atoms. The molecule has 5 nitrogen and oxygen atoms in total. The van der Waals surface area contributed by atoms with Gasteiger partial charge in [0.05, 0.1) is 11.4 Å². The van der Waals surface area contributed by atoms with Crippen molar-refractivity contribution in [2.75, 3.05) is 0 Å². The second-order valence-electron chi connectivity index (χ2n) is 15.4. The van der Waals surface area contributed by atoms with E-state index in [0.29, 0.717) is 11.5 Å². The Kier molecular flexibility index (Phi) is 10.4. The zero-order valence-electron chi connectivity index (χ0n) is 32.0. The number of benzene rings is 4. The van der Waals surface area contributed by atoms with Crippen LogP contribution in [0.15, 0.2) is 79.0 Å². The Morgan fingerprint density at radius 2 is 1.54 bits per heavy atom. The van der Waals surface area contributed by atoms with Crippen LogP contribution >= 0.6 is 0 Å². The van der Waals surface area contributed by atoms with Crippen molar-refractivity contribution in [2.24, 2.45) is 0 Å². The zero-order chi connectivity index (χ0) is 36.2. The molecule has 3 aromatic heterocycles. The van der Waals surface area contributed by atoms with Crippen LogP contribution in [-0.4, -0.2) is 19.3 Å². The van der Waals surface area contributed by atoms with E-state index in [1.165, 1.54) is 39.1 Å². The van der Waals surface area contributed by atoms with Crippen LogP contribution in [0, 0.1) is 39.8 Å².